The van der Waals surface area contributed by atoms with Gasteiger partial charge in [0, 0.05) is 53.6 Å². The van der Waals surface area contributed by atoms with Gasteiger partial charge in [0.1, 0.15) is 5.65 Å². The number of fused-ring (bicyclic) bond motifs is 1. The molecule has 164 valence electrons. The largest absolute Gasteiger partial charge is 0.379 e. The number of carbonyl (C=O) groups excluding carboxylic acids is 1. The Morgan fingerprint density at radius 3 is 2.75 bits per heavy atom. The number of nitrogens with one attached hydrogen (secondary N) is 1. The van der Waals surface area contributed by atoms with Gasteiger partial charge in [-0.25, -0.2) is 9.97 Å². The molecule has 0 saturated carbocycles. The van der Waals surface area contributed by atoms with E-state index in [4.69, 9.17) is 4.74 Å². The van der Waals surface area contributed by atoms with Gasteiger partial charge in [-0.15, -0.1) is 23.1 Å². The predicted octanol–water partition coefficient (Wildman–Crippen LogP) is 4.17. The maximum absolute atomic E-state index is 12.6. The molecule has 1 N–H and O–H groups in total. The average molecular weight is 466 g/mol. The summed E-state index contributed by atoms with van der Waals surface area (Å²) in [6, 6.07) is 13.6. The number of pyridine rings is 1. The van der Waals surface area contributed by atoms with Crippen LogP contribution < -0.4 is 5.32 Å². The van der Waals surface area contributed by atoms with Crippen molar-refractivity contribution in [3.63, 3.8) is 0 Å². The molecule has 1 aliphatic heterocycles. The van der Waals surface area contributed by atoms with Crippen LogP contribution in [0.5, 0.6) is 0 Å². The van der Waals surface area contributed by atoms with E-state index in [0.29, 0.717) is 10.7 Å². The summed E-state index contributed by atoms with van der Waals surface area (Å²) in [5.74, 6) is 0.632. The number of amides is 1. The van der Waals surface area contributed by atoms with E-state index < -0.39 is 0 Å². The fourth-order valence-corrected chi connectivity index (χ4v) is 4.99. The van der Waals surface area contributed by atoms with E-state index in [-0.39, 0.29) is 5.91 Å². The third-order valence-electron chi connectivity index (χ3n) is 5.18. The minimum absolute atomic E-state index is 0.144. The molecule has 4 heterocycles. The molecule has 1 saturated heterocycles. The summed E-state index contributed by atoms with van der Waals surface area (Å²) in [7, 11) is 0. The van der Waals surface area contributed by atoms with Gasteiger partial charge in [-0.05, 0) is 36.4 Å². The zero-order valence-electron chi connectivity index (χ0n) is 17.4. The lowest BCUT2D eigenvalue weighted by molar-refractivity contribution is 0.0337. The summed E-state index contributed by atoms with van der Waals surface area (Å²) >= 11 is 3.16. The zero-order chi connectivity index (χ0) is 21.8. The predicted molar refractivity (Wildman–Crippen MR) is 127 cm³/mol. The van der Waals surface area contributed by atoms with Gasteiger partial charge < -0.3 is 9.14 Å². The van der Waals surface area contributed by atoms with E-state index in [9.17, 15) is 4.79 Å². The molecule has 0 bridgehead atoms. The summed E-state index contributed by atoms with van der Waals surface area (Å²) in [5, 5.41) is 5.55. The van der Waals surface area contributed by atoms with Crippen molar-refractivity contribution in [2.45, 2.75) is 17.2 Å². The molecule has 1 fully saturated rings. The summed E-state index contributed by atoms with van der Waals surface area (Å²) in [6.07, 6.45) is 4.05. The quantitative estimate of drug-likeness (QED) is 0.413. The normalized spacial score (nSPS) is 14.6. The number of carbonyl (C=O) groups is 1. The van der Waals surface area contributed by atoms with Crippen LogP contribution in [0.2, 0.25) is 0 Å². The molecule has 5 rings (SSSR count). The van der Waals surface area contributed by atoms with Crippen LogP contribution in [0.4, 0.5) is 5.13 Å². The van der Waals surface area contributed by atoms with Crippen molar-refractivity contribution in [2.75, 3.05) is 31.6 Å². The molecule has 32 heavy (non-hydrogen) atoms. The second kappa shape index (κ2) is 9.83. The Hall–Kier alpha value is -2.72. The first-order valence-corrected chi connectivity index (χ1v) is 12.3. The Kier molecular flexibility index (Phi) is 6.49. The smallest absolute Gasteiger partial charge is 0.257 e. The standard InChI is InChI=1S/C23H23N5O2S2/c29-22(26-23-25-18(16-32-23)13-27-9-11-30-12-10-27)17-4-6-20(7-5-17)31-15-19-14-28-8-2-1-3-21(28)24-19/h1-8,14,16H,9-13,15H2,(H,25,26,29). The third-order valence-corrected chi connectivity index (χ3v) is 7.03. The Bertz CT molecular complexity index is 1170. The lowest BCUT2D eigenvalue weighted by atomic mass is 10.2. The molecule has 0 radical (unpaired) electrons. The van der Waals surface area contributed by atoms with Crippen LogP contribution in [0.15, 0.2) is 65.1 Å². The number of ether oxygens (including phenoxy) is 1. The van der Waals surface area contributed by atoms with E-state index in [1.807, 2.05) is 64.6 Å². The number of hydrogen-bond donors (Lipinski definition) is 1. The van der Waals surface area contributed by atoms with Gasteiger partial charge in [0.15, 0.2) is 5.13 Å². The number of rotatable bonds is 7. The highest BCUT2D eigenvalue weighted by Crippen LogP contribution is 2.24. The minimum atomic E-state index is -0.144. The Morgan fingerprint density at radius 2 is 1.94 bits per heavy atom. The number of morpholine rings is 1. The molecule has 3 aromatic heterocycles. The Balaban J connectivity index is 1.14. The number of thioether (sulfide) groups is 1. The van der Waals surface area contributed by atoms with E-state index in [2.05, 4.69) is 20.2 Å². The molecular formula is C23H23N5O2S2. The van der Waals surface area contributed by atoms with Crippen LogP contribution >= 0.6 is 23.1 Å². The van der Waals surface area contributed by atoms with Crippen LogP contribution in [0.25, 0.3) is 5.65 Å². The number of hydrogen-bond acceptors (Lipinski definition) is 7. The SMILES string of the molecule is O=C(Nc1nc(CN2CCOCC2)cs1)c1ccc(SCc2cn3ccccc3n2)cc1. The fraction of sp³-hybridized carbons (Fsp3) is 0.261. The molecular weight excluding hydrogens is 442 g/mol. The molecule has 9 heteroatoms. The zero-order valence-corrected chi connectivity index (χ0v) is 19.1. The Labute approximate surface area is 194 Å². The second-order valence-corrected chi connectivity index (χ2v) is 9.40. The number of aromatic nitrogens is 3. The van der Waals surface area contributed by atoms with Gasteiger partial charge in [0.25, 0.3) is 5.91 Å². The summed E-state index contributed by atoms with van der Waals surface area (Å²) < 4.78 is 7.40. The summed E-state index contributed by atoms with van der Waals surface area (Å²) in [5.41, 5.74) is 3.57. The van der Waals surface area contributed by atoms with Gasteiger partial charge in [-0.2, -0.15) is 0 Å². The molecule has 1 aromatic carbocycles. The van der Waals surface area contributed by atoms with Gasteiger partial charge >= 0.3 is 0 Å². The second-order valence-electron chi connectivity index (χ2n) is 7.50. The molecule has 0 aliphatic carbocycles. The molecule has 0 unspecified atom stereocenters. The number of thiazole rings is 1. The lowest BCUT2D eigenvalue weighted by Gasteiger charge is -2.25. The number of anilines is 1. The number of nitrogens with zero attached hydrogens (tertiary/aromatic N) is 4. The van der Waals surface area contributed by atoms with E-state index in [0.717, 1.165) is 60.5 Å². The number of benzene rings is 1. The van der Waals surface area contributed by atoms with Crippen LogP contribution in [0.3, 0.4) is 0 Å². The van der Waals surface area contributed by atoms with Crippen molar-refractivity contribution in [3.05, 3.63) is 77.2 Å². The van der Waals surface area contributed by atoms with Crippen LogP contribution in [-0.2, 0) is 17.0 Å². The van der Waals surface area contributed by atoms with E-state index >= 15 is 0 Å². The highest BCUT2D eigenvalue weighted by atomic mass is 32.2. The maximum atomic E-state index is 12.6. The van der Waals surface area contributed by atoms with Crippen molar-refractivity contribution < 1.29 is 9.53 Å². The van der Waals surface area contributed by atoms with Crippen molar-refractivity contribution in [2.24, 2.45) is 0 Å². The van der Waals surface area contributed by atoms with Gasteiger partial charge in [0.05, 0.1) is 24.6 Å². The highest BCUT2D eigenvalue weighted by molar-refractivity contribution is 7.98. The first kappa shape index (κ1) is 21.1. The molecule has 7 nitrogen and oxygen atoms in total. The molecule has 1 amide bonds. The lowest BCUT2D eigenvalue weighted by Crippen LogP contribution is -2.35. The van der Waals surface area contributed by atoms with Gasteiger partial charge in [-0.1, -0.05) is 6.07 Å². The van der Waals surface area contributed by atoms with Crippen molar-refractivity contribution >= 4 is 39.8 Å². The third kappa shape index (κ3) is 5.18. The van der Waals surface area contributed by atoms with Crippen molar-refractivity contribution in [1.29, 1.82) is 0 Å². The van der Waals surface area contributed by atoms with Crippen LogP contribution in [0, 0.1) is 0 Å². The van der Waals surface area contributed by atoms with E-state index in [1.165, 1.54) is 11.3 Å². The van der Waals surface area contributed by atoms with Crippen molar-refractivity contribution in [1.82, 2.24) is 19.3 Å². The van der Waals surface area contributed by atoms with Crippen LogP contribution in [0.1, 0.15) is 21.7 Å². The van der Waals surface area contributed by atoms with E-state index in [1.54, 1.807) is 11.8 Å². The van der Waals surface area contributed by atoms with Crippen LogP contribution in [-0.4, -0.2) is 51.5 Å². The van der Waals surface area contributed by atoms with Gasteiger partial charge in [0.2, 0.25) is 0 Å². The first-order chi connectivity index (χ1) is 15.7. The maximum Gasteiger partial charge on any atom is 0.257 e. The highest BCUT2D eigenvalue weighted by Gasteiger charge is 2.14. The summed E-state index contributed by atoms with van der Waals surface area (Å²) in [6.45, 7) is 4.15. The average Bonchev–Trinajstić information content (AvgIpc) is 3.45. The first-order valence-electron chi connectivity index (χ1n) is 10.4. The van der Waals surface area contributed by atoms with Gasteiger partial charge in [-0.3, -0.25) is 15.0 Å². The van der Waals surface area contributed by atoms with Crippen molar-refractivity contribution in [3.8, 4) is 0 Å². The molecule has 4 aromatic rings. The topological polar surface area (TPSA) is 71.8 Å². The molecule has 0 spiro atoms. The fourth-order valence-electron chi connectivity index (χ4n) is 3.51. The molecule has 0 atom stereocenters. The minimum Gasteiger partial charge on any atom is -0.379 e. The Morgan fingerprint density at radius 1 is 1.09 bits per heavy atom. The molecule has 1 aliphatic rings. The number of imidazole rings is 1. The monoisotopic (exact) mass is 465 g/mol. The summed E-state index contributed by atoms with van der Waals surface area (Å²) in [4.78, 5) is 25.2.